The van der Waals surface area contributed by atoms with Gasteiger partial charge in [-0.1, -0.05) is 49.0 Å². The molecular formula is C19H16N2O2. The SMILES string of the molecule is C=C(C(N)=O)c1ccccc1OCc1ccc2ccccc2n1. The molecule has 0 spiro atoms. The van der Waals surface area contributed by atoms with Gasteiger partial charge in [-0.25, -0.2) is 4.98 Å². The summed E-state index contributed by atoms with van der Waals surface area (Å²) in [4.78, 5) is 15.9. The second kappa shape index (κ2) is 6.32. The molecule has 0 fully saturated rings. The molecule has 0 saturated heterocycles. The number of hydrogen-bond donors (Lipinski definition) is 1. The van der Waals surface area contributed by atoms with Crippen LogP contribution in [0.25, 0.3) is 16.5 Å². The molecule has 114 valence electrons. The van der Waals surface area contributed by atoms with Crippen LogP contribution in [0.3, 0.4) is 0 Å². The van der Waals surface area contributed by atoms with Crippen molar-refractivity contribution in [3.63, 3.8) is 0 Å². The molecule has 0 aliphatic heterocycles. The minimum Gasteiger partial charge on any atom is -0.487 e. The van der Waals surface area contributed by atoms with Crippen molar-refractivity contribution in [1.29, 1.82) is 0 Å². The maximum atomic E-state index is 11.3. The van der Waals surface area contributed by atoms with Gasteiger partial charge in [-0.15, -0.1) is 0 Å². The van der Waals surface area contributed by atoms with Gasteiger partial charge >= 0.3 is 0 Å². The molecule has 1 heterocycles. The van der Waals surface area contributed by atoms with Crippen LogP contribution in [-0.2, 0) is 11.4 Å². The van der Waals surface area contributed by atoms with Crippen LogP contribution in [0, 0.1) is 0 Å². The van der Waals surface area contributed by atoms with Gasteiger partial charge in [0, 0.05) is 16.5 Å². The van der Waals surface area contributed by atoms with Gasteiger partial charge in [-0.2, -0.15) is 0 Å². The molecule has 0 radical (unpaired) electrons. The summed E-state index contributed by atoms with van der Waals surface area (Å²) in [5.41, 5.74) is 7.86. The van der Waals surface area contributed by atoms with Crippen molar-refractivity contribution in [3.05, 3.63) is 78.5 Å². The Balaban J connectivity index is 1.82. The van der Waals surface area contributed by atoms with Gasteiger partial charge < -0.3 is 10.5 Å². The summed E-state index contributed by atoms with van der Waals surface area (Å²) in [6.07, 6.45) is 0. The summed E-state index contributed by atoms with van der Waals surface area (Å²) >= 11 is 0. The number of amides is 1. The van der Waals surface area contributed by atoms with Crippen LogP contribution in [0.5, 0.6) is 5.75 Å². The van der Waals surface area contributed by atoms with Gasteiger partial charge in [0.05, 0.1) is 11.2 Å². The number of primary amides is 1. The van der Waals surface area contributed by atoms with Crippen molar-refractivity contribution in [2.24, 2.45) is 5.73 Å². The fraction of sp³-hybridized carbons (Fsp3) is 0.0526. The number of fused-ring (bicyclic) bond motifs is 1. The number of benzene rings is 2. The number of hydrogen-bond acceptors (Lipinski definition) is 3. The van der Waals surface area contributed by atoms with Crippen molar-refractivity contribution in [1.82, 2.24) is 4.98 Å². The molecule has 2 aromatic carbocycles. The van der Waals surface area contributed by atoms with Crippen molar-refractivity contribution >= 4 is 22.4 Å². The van der Waals surface area contributed by atoms with E-state index in [1.54, 1.807) is 12.1 Å². The molecule has 3 rings (SSSR count). The molecule has 0 unspecified atom stereocenters. The zero-order valence-corrected chi connectivity index (χ0v) is 12.5. The first kappa shape index (κ1) is 14.8. The Bertz CT molecular complexity index is 887. The quantitative estimate of drug-likeness (QED) is 0.735. The zero-order valence-electron chi connectivity index (χ0n) is 12.5. The Labute approximate surface area is 134 Å². The van der Waals surface area contributed by atoms with Crippen LogP contribution in [0.2, 0.25) is 0 Å². The fourth-order valence-corrected chi connectivity index (χ4v) is 2.31. The molecule has 23 heavy (non-hydrogen) atoms. The van der Waals surface area contributed by atoms with E-state index in [1.807, 2.05) is 48.5 Å². The molecule has 0 saturated carbocycles. The summed E-state index contributed by atoms with van der Waals surface area (Å²) in [7, 11) is 0. The van der Waals surface area contributed by atoms with Crippen LogP contribution < -0.4 is 10.5 Å². The highest BCUT2D eigenvalue weighted by atomic mass is 16.5. The predicted octanol–water partition coefficient (Wildman–Crippen LogP) is 3.31. The zero-order chi connectivity index (χ0) is 16.2. The van der Waals surface area contributed by atoms with E-state index in [1.165, 1.54) is 0 Å². The topological polar surface area (TPSA) is 65.2 Å². The van der Waals surface area contributed by atoms with E-state index in [2.05, 4.69) is 11.6 Å². The lowest BCUT2D eigenvalue weighted by atomic mass is 10.1. The van der Waals surface area contributed by atoms with Gasteiger partial charge in [0.25, 0.3) is 0 Å². The maximum absolute atomic E-state index is 11.3. The molecule has 3 aromatic rings. The molecule has 0 aliphatic rings. The molecule has 0 aliphatic carbocycles. The summed E-state index contributed by atoms with van der Waals surface area (Å²) in [5, 5.41) is 1.08. The largest absolute Gasteiger partial charge is 0.487 e. The number of nitrogens with zero attached hydrogens (tertiary/aromatic N) is 1. The molecular weight excluding hydrogens is 288 g/mol. The molecule has 4 heteroatoms. The fourth-order valence-electron chi connectivity index (χ4n) is 2.31. The lowest BCUT2D eigenvalue weighted by Crippen LogP contribution is -2.13. The highest BCUT2D eigenvalue weighted by Gasteiger charge is 2.11. The Hall–Kier alpha value is -3.14. The molecule has 4 nitrogen and oxygen atoms in total. The normalized spacial score (nSPS) is 10.4. The van der Waals surface area contributed by atoms with E-state index < -0.39 is 5.91 Å². The van der Waals surface area contributed by atoms with Crippen LogP contribution in [-0.4, -0.2) is 10.9 Å². The second-order valence-electron chi connectivity index (χ2n) is 5.12. The van der Waals surface area contributed by atoms with Crippen molar-refractivity contribution in [2.75, 3.05) is 0 Å². The van der Waals surface area contributed by atoms with Gasteiger partial charge in [-0.3, -0.25) is 4.79 Å². The van der Waals surface area contributed by atoms with Crippen LogP contribution in [0.4, 0.5) is 0 Å². The predicted molar refractivity (Wildman–Crippen MR) is 90.7 cm³/mol. The number of ether oxygens (including phenoxy) is 1. The van der Waals surface area contributed by atoms with Crippen molar-refractivity contribution in [3.8, 4) is 5.75 Å². The molecule has 0 atom stereocenters. The third kappa shape index (κ3) is 3.21. The lowest BCUT2D eigenvalue weighted by molar-refractivity contribution is -0.112. The number of para-hydroxylation sites is 2. The highest BCUT2D eigenvalue weighted by molar-refractivity contribution is 6.18. The van der Waals surface area contributed by atoms with E-state index in [0.717, 1.165) is 16.6 Å². The van der Waals surface area contributed by atoms with E-state index in [4.69, 9.17) is 10.5 Å². The third-order valence-corrected chi connectivity index (χ3v) is 3.54. The first-order valence-electron chi connectivity index (χ1n) is 7.21. The highest BCUT2D eigenvalue weighted by Crippen LogP contribution is 2.25. The van der Waals surface area contributed by atoms with Gasteiger partial charge in [0.1, 0.15) is 12.4 Å². The van der Waals surface area contributed by atoms with Gasteiger partial charge in [-0.05, 0) is 18.2 Å². The van der Waals surface area contributed by atoms with Crippen LogP contribution in [0.1, 0.15) is 11.3 Å². The van der Waals surface area contributed by atoms with Crippen LogP contribution >= 0.6 is 0 Å². The Morgan fingerprint density at radius 1 is 1.04 bits per heavy atom. The Morgan fingerprint density at radius 2 is 1.78 bits per heavy atom. The summed E-state index contributed by atoms with van der Waals surface area (Å²) in [6, 6.07) is 19.0. The number of aromatic nitrogens is 1. The van der Waals surface area contributed by atoms with E-state index in [-0.39, 0.29) is 5.57 Å². The minimum absolute atomic E-state index is 0.229. The maximum Gasteiger partial charge on any atom is 0.248 e. The van der Waals surface area contributed by atoms with E-state index in [0.29, 0.717) is 17.9 Å². The number of nitrogens with two attached hydrogens (primary N) is 1. The molecule has 1 aromatic heterocycles. The minimum atomic E-state index is -0.565. The van der Waals surface area contributed by atoms with E-state index >= 15 is 0 Å². The lowest BCUT2D eigenvalue weighted by Gasteiger charge is -2.11. The number of carbonyl (C=O) groups is 1. The van der Waals surface area contributed by atoms with Crippen LogP contribution in [0.15, 0.2) is 67.2 Å². The first-order chi connectivity index (χ1) is 11.1. The smallest absolute Gasteiger partial charge is 0.248 e. The third-order valence-electron chi connectivity index (χ3n) is 3.54. The summed E-state index contributed by atoms with van der Waals surface area (Å²) < 4.78 is 5.81. The summed E-state index contributed by atoms with van der Waals surface area (Å²) in [6.45, 7) is 4.01. The monoisotopic (exact) mass is 304 g/mol. The average Bonchev–Trinajstić information content (AvgIpc) is 2.59. The van der Waals surface area contributed by atoms with Crippen molar-refractivity contribution < 1.29 is 9.53 Å². The van der Waals surface area contributed by atoms with E-state index in [9.17, 15) is 4.79 Å². The molecule has 1 amide bonds. The first-order valence-corrected chi connectivity index (χ1v) is 7.21. The molecule has 0 bridgehead atoms. The molecule has 2 N–H and O–H groups in total. The number of pyridine rings is 1. The summed E-state index contributed by atoms with van der Waals surface area (Å²) in [5.74, 6) is -0.00358. The van der Waals surface area contributed by atoms with Gasteiger partial charge in [0.15, 0.2) is 0 Å². The number of carbonyl (C=O) groups excluding carboxylic acids is 1. The average molecular weight is 304 g/mol. The van der Waals surface area contributed by atoms with Gasteiger partial charge in [0.2, 0.25) is 5.91 Å². The Morgan fingerprint density at radius 3 is 2.61 bits per heavy atom. The second-order valence-corrected chi connectivity index (χ2v) is 5.12. The number of rotatable bonds is 5. The van der Waals surface area contributed by atoms with Crippen molar-refractivity contribution in [2.45, 2.75) is 6.61 Å². The Kier molecular flexibility index (Phi) is 4.06. The standard InChI is InChI=1S/C19H16N2O2/c1-13(19(20)22)16-7-3-5-9-18(16)23-12-15-11-10-14-6-2-4-8-17(14)21-15/h2-11H,1,12H2,(H2,20,22).